The van der Waals surface area contributed by atoms with Crippen molar-refractivity contribution in [2.24, 2.45) is 0 Å². The number of benzene rings is 1. The van der Waals surface area contributed by atoms with Crippen LogP contribution in [0.25, 0.3) is 0 Å². The Balaban J connectivity index is 2.90. The van der Waals surface area contributed by atoms with E-state index < -0.39 is 5.91 Å². The largest absolute Gasteiger partial charge is 0.379 e. The Morgan fingerprint density at radius 3 is 2.56 bits per heavy atom. The maximum Gasteiger partial charge on any atom is 0.269 e. The van der Waals surface area contributed by atoms with Crippen LogP contribution in [0.2, 0.25) is 0 Å². The fourth-order valence-corrected chi connectivity index (χ4v) is 1.97. The lowest BCUT2D eigenvalue weighted by atomic mass is 10.2. The molecule has 0 radical (unpaired) electrons. The van der Waals surface area contributed by atoms with E-state index in [0.29, 0.717) is 17.3 Å². The zero-order chi connectivity index (χ0) is 13.4. The molecule has 0 heterocycles. The number of nitrogens with one attached hydrogen (secondary N) is 2. The number of carbonyl (C=O) groups is 1. The molecule has 5 heteroatoms. The molecule has 2 N–H and O–H groups in total. The van der Waals surface area contributed by atoms with E-state index >= 15 is 0 Å². The first-order valence-corrected chi connectivity index (χ1v) is 6.74. The van der Waals surface area contributed by atoms with Gasteiger partial charge in [-0.15, -0.1) is 11.8 Å². The Kier molecular flexibility index (Phi) is 5.81. The van der Waals surface area contributed by atoms with Gasteiger partial charge in [0.2, 0.25) is 0 Å². The predicted molar refractivity (Wildman–Crippen MR) is 74.9 cm³/mol. The highest BCUT2D eigenvalue weighted by Gasteiger charge is 2.14. The number of amides is 1. The second kappa shape index (κ2) is 7.41. The number of nitriles is 1. The Labute approximate surface area is 111 Å². The van der Waals surface area contributed by atoms with Crippen molar-refractivity contribution in [1.29, 1.82) is 5.26 Å². The lowest BCUT2D eigenvalue weighted by Crippen LogP contribution is -2.20. The average molecular weight is 261 g/mol. The van der Waals surface area contributed by atoms with Crippen LogP contribution in [0.1, 0.15) is 6.92 Å². The third-order valence-corrected chi connectivity index (χ3v) is 2.90. The molecule has 1 rings (SSSR count). The smallest absolute Gasteiger partial charge is 0.269 e. The molecule has 94 valence electrons. The lowest BCUT2D eigenvalue weighted by molar-refractivity contribution is -0.112. The molecule has 0 aliphatic rings. The molecular formula is C13H15N3OS. The summed E-state index contributed by atoms with van der Waals surface area (Å²) in [5, 5.41) is 15.4. The minimum atomic E-state index is -0.394. The van der Waals surface area contributed by atoms with Gasteiger partial charge in [0.1, 0.15) is 11.6 Å². The summed E-state index contributed by atoms with van der Waals surface area (Å²) in [5.41, 5.74) is 0.778. The Morgan fingerprint density at radius 1 is 1.39 bits per heavy atom. The molecule has 0 atom stereocenters. The van der Waals surface area contributed by atoms with Crippen LogP contribution in [-0.2, 0) is 4.79 Å². The van der Waals surface area contributed by atoms with Crippen molar-refractivity contribution in [2.75, 3.05) is 18.1 Å². The molecule has 0 unspecified atom stereocenters. The van der Waals surface area contributed by atoms with Gasteiger partial charge in [0, 0.05) is 12.2 Å². The molecule has 0 saturated heterocycles. The van der Waals surface area contributed by atoms with Crippen molar-refractivity contribution in [3.63, 3.8) is 0 Å². The number of carbonyl (C=O) groups excluding carboxylic acids is 1. The average Bonchev–Trinajstić information content (AvgIpc) is 2.39. The third kappa shape index (κ3) is 3.82. The first-order valence-electron chi connectivity index (χ1n) is 5.51. The molecule has 1 aromatic carbocycles. The van der Waals surface area contributed by atoms with E-state index in [0.717, 1.165) is 0 Å². The summed E-state index contributed by atoms with van der Waals surface area (Å²) in [4.78, 5) is 12.0. The van der Waals surface area contributed by atoms with E-state index in [4.69, 9.17) is 5.26 Å². The monoisotopic (exact) mass is 261 g/mol. The fourth-order valence-electron chi connectivity index (χ4n) is 1.34. The van der Waals surface area contributed by atoms with E-state index in [1.807, 2.05) is 37.4 Å². The molecule has 1 amide bonds. The number of hydrogen-bond donors (Lipinski definition) is 2. The van der Waals surface area contributed by atoms with Crippen molar-refractivity contribution >= 4 is 23.4 Å². The first kappa shape index (κ1) is 14.1. The van der Waals surface area contributed by atoms with Crippen LogP contribution in [-0.4, -0.2) is 18.7 Å². The molecule has 0 saturated carbocycles. The van der Waals surface area contributed by atoms with Crippen LogP contribution in [0.15, 0.2) is 40.9 Å². The van der Waals surface area contributed by atoms with Crippen LogP contribution in [0.3, 0.4) is 0 Å². The van der Waals surface area contributed by atoms with Gasteiger partial charge in [0.25, 0.3) is 5.91 Å². The number of thioether (sulfide) groups is 1. The van der Waals surface area contributed by atoms with Crippen LogP contribution < -0.4 is 10.6 Å². The van der Waals surface area contributed by atoms with Gasteiger partial charge in [0.05, 0.1) is 5.03 Å². The highest BCUT2D eigenvalue weighted by molar-refractivity contribution is 8.02. The summed E-state index contributed by atoms with van der Waals surface area (Å²) < 4.78 is 0. The molecule has 0 spiro atoms. The van der Waals surface area contributed by atoms with Gasteiger partial charge in [-0.2, -0.15) is 5.26 Å². The van der Waals surface area contributed by atoms with E-state index in [1.165, 1.54) is 11.8 Å². The van der Waals surface area contributed by atoms with Crippen LogP contribution in [0.5, 0.6) is 0 Å². The normalized spacial score (nSPS) is 11.2. The van der Waals surface area contributed by atoms with Crippen molar-refractivity contribution < 1.29 is 4.79 Å². The highest BCUT2D eigenvalue weighted by Crippen LogP contribution is 2.15. The van der Waals surface area contributed by atoms with E-state index in [9.17, 15) is 4.79 Å². The highest BCUT2D eigenvalue weighted by atomic mass is 32.2. The molecule has 1 aromatic rings. The van der Waals surface area contributed by atoms with Gasteiger partial charge < -0.3 is 10.6 Å². The quantitative estimate of drug-likeness (QED) is 0.630. The summed E-state index contributed by atoms with van der Waals surface area (Å²) >= 11 is 1.35. The number of hydrogen-bond acceptors (Lipinski definition) is 4. The third-order valence-electron chi connectivity index (χ3n) is 2.14. The van der Waals surface area contributed by atoms with Gasteiger partial charge >= 0.3 is 0 Å². The molecule has 0 aliphatic heterocycles. The van der Waals surface area contributed by atoms with E-state index in [1.54, 1.807) is 12.1 Å². The van der Waals surface area contributed by atoms with Crippen LogP contribution in [0.4, 0.5) is 5.69 Å². The Bertz CT molecular complexity index is 477. The van der Waals surface area contributed by atoms with Gasteiger partial charge in [-0.25, -0.2) is 0 Å². The number of anilines is 1. The summed E-state index contributed by atoms with van der Waals surface area (Å²) in [6, 6.07) is 11.0. The maximum absolute atomic E-state index is 12.0. The minimum Gasteiger partial charge on any atom is -0.379 e. The Hall–Kier alpha value is -1.93. The Morgan fingerprint density at radius 2 is 2.06 bits per heavy atom. The van der Waals surface area contributed by atoms with Crippen LogP contribution in [0, 0.1) is 11.3 Å². The van der Waals surface area contributed by atoms with E-state index in [2.05, 4.69) is 10.6 Å². The van der Waals surface area contributed by atoms with Crippen molar-refractivity contribution in [3.05, 3.63) is 40.9 Å². The summed E-state index contributed by atoms with van der Waals surface area (Å²) in [7, 11) is 0. The molecule has 18 heavy (non-hydrogen) atoms. The lowest BCUT2D eigenvalue weighted by Gasteiger charge is -2.09. The second-order valence-corrected chi connectivity index (χ2v) is 4.19. The summed E-state index contributed by atoms with van der Waals surface area (Å²) in [6.07, 6.45) is 1.82. The summed E-state index contributed by atoms with van der Waals surface area (Å²) in [5.74, 6) is -0.394. The molecule has 4 nitrogen and oxygen atoms in total. The van der Waals surface area contributed by atoms with Gasteiger partial charge in [-0.1, -0.05) is 18.2 Å². The number of rotatable bonds is 5. The topological polar surface area (TPSA) is 64.9 Å². The number of nitrogens with zero attached hydrogens (tertiary/aromatic N) is 1. The molecule has 0 fully saturated rings. The number of para-hydroxylation sites is 1. The first-order chi connectivity index (χ1) is 8.72. The minimum absolute atomic E-state index is 0.105. The fraction of sp³-hybridized carbons (Fsp3) is 0.231. The molecule has 0 aromatic heterocycles. The molecular weight excluding hydrogens is 246 g/mol. The molecule has 0 bridgehead atoms. The zero-order valence-corrected chi connectivity index (χ0v) is 11.2. The zero-order valence-electron chi connectivity index (χ0n) is 10.4. The van der Waals surface area contributed by atoms with Crippen LogP contribution >= 0.6 is 11.8 Å². The van der Waals surface area contributed by atoms with Gasteiger partial charge in [0.15, 0.2) is 0 Å². The van der Waals surface area contributed by atoms with Gasteiger partial charge in [-0.05, 0) is 25.3 Å². The summed E-state index contributed by atoms with van der Waals surface area (Å²) in [6.45, 7) is 2.58. The van der Waals surface area contributed by atoms with Gasteiger partial charge in [-0.3, -0.25) is 4.79 Å². The van der Waals surface area contributed by atoms with Crippen molar-refractivity contribution in [1.82, 2.24) is 5.32 Å². The predicted octanol–water partition coefficient (Wildman–Crippen LogP) is 2.33. The van der Waals surface area contributed by atoms with Crippen molar-refractivity contribution in [3.8, 4) is 6.07 Å². The molecule has 0 aliphatic carbocycles. The SMILES string of the molecule is CCN/C(SC)=C(\C#N)C(=O)Nc1ccccc1. The second-order valence-electron chi connectivity index (χ2n) is 3.37. The maximum atomic E-state index is 12.0. The standard InChI is InChI=1S/C13H15N3OS/c1-3-15-13(18-2)11(9-14)12(17)16-10-7-5-4-6-8-10/h4-8,15H,3H2,1-2H3,(H,16,17)/b13-11-. The van der Waals surface area contributed by atoms with E-state index in [-0.39, 0.29) is 5.57 Å². The van der Waals surface area contributed by atoms with Crippen molar-refractivity contribution in [2.45, 2.75) is 6.92 Å².